The van der Waals surface area contributed by atoms with E-state index in [9.17, 15) is 13.2 Å². The van der Waals surface area contributed by atoms with Crippen LogP contribution in [0, 0.1) is 13.8 Å². The van der Waals surface area contributed by atoms with Crippen LogP contribution in [0.4, 0.5) is 5.69 Å². The van der Waals surface area contributed by atoms with E-state index < -0.39 is 16.0 Å². The number of aromatic amines is 1. The first-order chi connectivity index (χ1) is 8.83. The van der Waals surface area contributed by atoms with Crippen molar-refractivity contribution in [2.75, 3.05) is 4.72 Å². The van der Waals surface area contributed by atoms with Crippen LogP contribution in [0.25, 0.3) is 0 Å². The molecule has 2 aromatic rings. The monoisotopic (exact) mass is 300 g/mol. The van der Waals surface area contributed by atoms with Crippen molar-refractivity contribution in [2.24, 2.45) is 0 Å². The molecule has 0 unspecified atom stereocenters. The van der Waals surface area contributed by atoms with Gasteiger partial charge in [-0.25, -0.2) is 13.2 Å². The highest BCUT2D eigenvalue weighted by atomic mass is 32.2. The van der Waals surface area contributed by atoms with E-state index in [1.807, 2.05) is 0 Å². The van der Waals surface area contributed by atoms with Crippen molar-refractivity contribution < 1.29 is 18.3 Å². The van der Waals surface area contributed by atoms with Gasteiger partial charge >= 0.3 is 5.97 Å². The van der Waals surface area contributed by atoms with Gasteiger partial charge in [-0.15, -0.1) is 0 Å². The zero-order valence-corrected chi connectivity index (χ0v) is 11.9. The summed E-state index contributed by atoms with van der Waals surface area (Å²) in [6, 6.07) is 1.64. The van der Waals surface area contributed by atoms with Crippen molar-refractivity contribution in [3.63, 3.8) is 0 Å². The van der Waals surface area contributed by atoms with Crippen LogP contribution in [0.5, 0.6) is 0 Å². The van der Waals surface area contributed by atoms with Gasteiger partial charge in [-0.2, -0.15) is 11.3 Å². The van der Waals surface area contributed by atoms with Crippen LogP contribution in [-0.2, 0) is 10.0 Å². The van der Waals surface area contributed by atoms with Crippen molar-refractivity contribution in [2.45, 2.75) is 18.7 Å². The number of sulfonamides is 1. The van der Waals surface area contributed by atoms with E-state index in [-0.39, 0.29) is 16.2 Å². The van der Waals surface area contributed by atoms with Crippen molar-refractivity contribution in [1.29, 1.82) is 0 Å². The van der Waals surface area contributed by atoms with Crippen LogP contribution in [0.15, 0.2) is 21.7 Å². The highest BCUT2D eigenvalue weighted by Crippen LogP contribution is 2.26. The Morgan fingerprint density at radius 1 is 1.42 bits per heavy atom. The van der Waals surface area contributed by atoms with Crippen LogP contribution in [-0.4, -0.2) is 24.5 Å². The average Bonchev–Trinajstić information content (AvgIpc) is 2.86. The quantitative estimate of drug-likeness (QED) is 0.806. The summed E-state index contributed by atoms with van der Waals surface area (Å²) < 4.78 is 26.9. The van der Waals surface area contributed by atoms with Gasteiger partial charge in [-0.3, -0.25) is 4.72 Å². The highest BCUT2D eigenvalue weighted by molar-refractivity contribution is 7.92. The van der Waals surface area contributed by atoms with Crippen LogP contribution >= 0.6 is 11.3 Å². The van der Waals surface area contributed by atoms with Crippen molar-refractivity contribution in [3.8, 4) is 0 Å². The first kappa shape index (κ1) is 13.6. The molecule has 0 radical (unpaired) electrons. The lowest BCUT2D eigenvalue weighted by Crippen LogP contribution is -2.14. The Morgan fingerprint density at radius 2 is 2.11 bits per heavy atom. The van der Waals surface area contributed by atoms with Gasteiger partial charge in [0.1, 0.15) is 10.6 Å². The van der Waals surface area contributed by atoms with Gasteiger partial charge in [-0.1, -0.05) is 0 Å². The molecular formula is C11H12N2O4S2. The van der Waals surface area contributed by atoms with E-state index in [0.717, 1.165) is 0 Å². The number of aromatic carboxylic acids is 1. The third-order valence-electron chi connectivity index (χ3n) is 2.62. The standard InChI is InChI=1S/C11H12N2O4S2/c1-6-9(11(14)15)12-7(2)10(6)19(16,17)13-8-3-4-18-5-8/h3-5,12-13H,1-2H3,(H,14,15). The minimum absolute atomic E-state index is 0.0175. The van der Waals surface area contributed by atoms with E-state index >= 15 is 0 Å². The predicted molar refractivity (Wildman–Crippen MR) is 72.4 cm³/mol. The minimum atomic E-state index is -3.80. The fourth-order valence-electron chi connectivity index (χ4n) is 1.88. The molecule has 102 valence electrons. The van der Waals surface area contributed by atoms with Crippen LogP contribution in [0.3, 0.4) is 0 Å². The number of H-pyrrole nitrogens is 1. The Hall–Kier alpha value is -1.80. The molecule has 8 heteroatoms. The van der Waals surface area contributed by atoms with Crippen LogP contribution in [0.2, 0.25) is 0 Å². The van der Waals surface area contributed by atoms with Gasteiger partial charge < -0.3 is 10.1 Å². The molecule has 0 aromatic carbocycles. The lowest BCUT2D eigenvalue weighted by Gasteiger charge is -2.06. The Kier molecular flexibility index (Phi) is 3.38. The first-order valence-corrected chi connectivity index (χ1v) is 7.73. The Labute approximate surface area is 114 Å². The van der Waals surface area contributed by atoms with E-state index in [1.54, 1.807) is 16.8 Å². The molecule has 0 saturated heterocycles. The van der Waals surface area contributed by atoms with Gasteiger partial charge in [0.05, 0.1) is 5.69 Å². The number of rotatable bonds is 4. The number of aromatic nitrogens is 1. The number of carboxylic acids is 1. The maximum atomic E-state index is 12.3. The number of anilines is 1. The lowest BCUT2D eigenvalue weighted by atomic mass is 10.2. The van der Waals surface area contributed by atoms with Gasteiger partial charge in [0.15, 0.2) is 0 Å². The first-order valence-electron chi connectivity index (χ1n) is 5.30. The smallest absolute Gasteiger partial charge is 0.352 e. The number of aryl methyl sites for hydroxylation is 1. The Morgan fingerprint density at radius 3 is 2.58 bits per heavy atom. The normalized spacial score (nSPS) is 11.5. The summed E-state index contributed by atoms with van der Waals surface area (Å²) in [6.07, 6.45) is 0. The zero-order chi connectivity index (χ0) is 14.2. The van der Waals surface area contributed by atoms with Crippen molar-refractivity contribution in [1.82, 2.24) is 4.98 Å². The SMILES string of the molecule is Cc1[nH]c(C(=O)O)c(C)c1S(=O)(=O)Nc1ccsc1. The second kappa shape index (κ2) is 4.71. The number of thiophene rings is 1. The van der Waals surface area contributed by atoms with Gasteiger partial charge in [0, 0.05) is 16.6 Å². The van der Waals surface area contributed by atoms with Crippen molar-refractivity contribution in [3.05, 3.63) is 33.8 Å². The number of hydrogen-bond donors (Lipinski definition) is 3. The molecule has 0 aliphatic heterocycles. The molecule has 0 aliphatic carbocycles. The Balaban J connectivity index is 2.49. The second-order valence-electron chi connectivity index (χ2n) is 4.00. The summed E-state index contributed by atoms with van der Waals surface area (Å²) in [6.45, 7) is 3.00. The van der Waals surface area contributed by atoms with Crippen LogP contribution < -0.4 is 4.72 Å². The van der Waals surface area contributed by atoms with E-state index in [4.69, 9.17) is 5.11 Å². The number of carboxylic acid groups (broad SMARTS) is 1. The number of hydrogen-bond acceptors (Lipinski definition) is 4. The lowest BCUT2D eigenvalue weighted by molar-refractivity contribution is 0.0690. The summed E-state index contributed by atoms with van der Waals surface area (Å²) in [4.78, 5) is 13.6. The molecule has 0 spiro atoms. The van der Waals surface area contributed by atoms with E-state index in [1.165, 1.54) is 25.2 Å². The van der Waals surface area contributed by atoms with Gasteiger partial charge in [-0.05, 0) is 25.3 Å². The molecular weight excluding hydrogens is 288 g/mol. The molecule has 19 heavy (non-hydrogen) atoms. The van der Waals surface area contributed by atoms with Crippen molar-refractivity contribution >= 4 is 33.0 Å². The second-order valence-corrected chi connectivity index (χ2v) is 6.40. The minimum Gasteiger partial charge on any atom is -0.477 e. The predicted octanol–water partition coefficient (Wildman–Crippen LogP) is 2.19. The molecule has 6 nitrogen and oxygen atoms in total. The molecule has 0 amide bonds. The summed E-state index contributed by atoms with van der Waals surface area (Å²) in [7, 11) is -3.80. The third-order valence-corrected chi connectivity index (χ3v) is 4.96. The molecule has 0 bridgehead atoms. The molecule has 2 aromatic heterocycles. The maximum absolute atomic E-state index is 12.3. The molecule has 0 fully saturated rings. The number of nitrogens with one attached hydrogen (secondary N) is 2. The summed E-state index contributed by atoms with van der Waals surface area (Å²) >= 11 is 1.37. The van der Waals surface area contributed by atoms with Crippen LogP contribution in [0.1, 0.15) is 21.7 Å². The average molecular weight is 300 g/mol. The molecule has 0 saturated carbocycles. The number of carbonyl (C=O) groups is 1. The molecule has 0 aliphatic rings. The molecule has 2 rings (SSSR count). The summed E-state index contributed by atoms with van der Waals surface area (Å²) in [5.74, 6) is -1.18. The van der Waals surface area contributed by atoms with E-state index in [0.29, 0.717) is 11.4 Å². The van der Waals surface area contributed by atoms with Gasteiger partial charge in [0.2, 0.25) is 0 Å². The maximum Gasteiger partial charge on any atom is 0.352 e. The van der Waals surface area contributed by atoms with Gasteiger partial charge in [0.25, 0.3) is 10.0 Å². The molecule has 0 atom stereocenters. The zero-order valence-electron chi connectivity index (χ0n) is 10.2. The third kappa shape index (κ3) is 2.49. The summed E-state index contributed by atoms with van der Waals surface area (Å²) in [5, 5.41) is 12.4. The highest BCUT2D eigenvalue weighted by Gasteiger charge is 2.26. The van der Waals surface area contributed by atoms with E-state index in [2.05, 4.69) is 9.71 Å². The Bertz CT molecular complexity index is 714. The molecule has 2 heterocycles. The molecule has 3 N–H and O–H groups in total. The topological polar surface area (TPSA) is 99.3 Å². The largest absolute Gasteiger partial charge is 0.477 e. The fraction of sp³-hybridized carbons (Fsp3) is 0.182. The summed E-state index contributed by atoms with van der Waals surface area (Å²) in [5.41, 5.74) is 0.857. The fourth-order valence-corrected chi connectivity index (χ4v) is 4.04.